The second-order valence-electron chi connectivity index (χ2n) is 4.17. The summed E-state index contributed by atoms with van der Waals surface area (Å²) in [6.45, 7) is 8.36. The number of benzene rings is 1. The number of hydrogen-bond acceptors (Lipinski definition) is 0. The SMILES string of the molecule is C=Cc1cccc2c1C=C(C(C)C)C2. The van der Waals surface area contributed by atoms with Gasteiger partial charge in [-0.05, 0) is 29.0 Å². The summed E-state index contributed by atoms with van der Waals surface area (Å²) < 4.78 is 0. The molecule has 72 valence electrons. The van der Waals surface area contributed by atoms with Gasteiger partial charge in [0.05, 0.1) is 0 Å². The van der Waals surface area contributed by atoms with Gasteiger partial charge in [-0.15, -0.1) is 0 Å². The van der Waals surface area contributed by atoms with E-state index in [4.69, 9.17) is 0 Å². The molecule has 2 rings (SSSR count). The Morgan fingerprint density at radius 3 is 2.79 bits per heavy atom. The third-order valence-electron chi connectivity index (χ3n) is 2.92. The molecule has 0 saturated carbocycles. The molecule has 1 aromatic carbocycles. The van der Waals surface area contributed by atoms with Gasteiger partial charge in [0.2, 0.25) is 0 Å². The van der Waals surface area contributed by atoms with Gasteiger partial charge in [0.15, 0.2) is 0 Å². The fourth-order valence-electron chi connectivity index (χ4n) is 1.97. The Labute approximate surface area is 86.0 Å². The van der Waals surface area contributed by atoms with Crippen molar-refractivity contribution in [3.05, 3.63) is 47.0 Å². The van der Waals surface area contributed by atoms with Gasteiger partial charge in [-0.3, -0.25) is 0 Å². The summed E-state index contributed by atoms with van der Waals surface area (Å²) >= 11 is 0. The van der Waals surface area contributed by atoms with Crippen LogP contribution in [0.4, 0.5) is 0 Å². The van der Waals surface area contributed by atoms with Crippen molar-refractivity contribution in [3.8, 4) is 0 Å². The number of fused-ring (bicyclic) bond motifs is 1. The van der Waals surface area contributed by atoms with Crippen LogP contribution in [-0.4, -0.2) is 0 Å². The minimum absolute atomic E-state index is 0.653. The predicted molar refractivity (Wildman–Crippen MR) is 63.1 cm³/mol. The Bertz CT molecular complexity index is 394. The molecule has 0 nitrogen and oxygen atoms in total. The largest absolute Gasteiger partial charge is 0.0984 e. The normalized spacial score (nSPS) is 14.1. The van der Waals surface area contributed by atoms with E-state index in [0.29, 0.717) is 5.92 Å². The van der Waals surface area contributed by atoms with Crippen molar-refractivity contribution >= 4 is 12.2 Å². The molecule has 0 aliphatic heterocycles. The monoisotopic (exact) mass is 184 g/mol. The standard InChI is InChI=1S/C14H16/c1-4-11-6-5-7-12-8-13(10(2)3)9-14(11)12/h4-7,9-10H,1,8H2,2-3H3. The van der Waals surface area contributed by atoms with Crippen LogP contribution in [0.15, 0.2) is 30.4 Å². The molecule has 1 aliphatic rings. The van der Waals surface area contributed by atoms with Crippen LogP contribution >= 0.6 is 0 Å². The third-order valence-corrected chi connectivity index (χ3v) is 2.92. The lowest BCUT2D eigenvalue weighted by molar-refractivity contribution is 0.754. The highest BCUT2D eigenvalue weighted by Crippen LogP contribution is 2.31. The molecule has 0 amide bonds. The highest BCUT2D eigenvalue weighted by molar-refractivity contribution is 5.73. The maximum absolute atomic E-state index is 3.85. The highest BCUT2D eigenvalue weighted by Gasteiger charge is 2.15. The van der Waals surface area contributed by atoms with E-state index in [9.17, 15) is 0 Å². The van der Waals surface area contributed by atoms with Crippen LogP contribution in [0.3, 0.4) is 0 Å². The lowest BCUT2D eigenvalue weighted by Crippen LogP contribution is -1.92. The third kappa shape index (κ3) is 1.41. The molecule has 0 unspecified atom stereocenters. The topological polar surface area (TPSA) is 0 Å². The zero-order valence-corrected chi connectivity index (χ0v) is 8.88. The molecule has 0 atom stereocenters. The number of allylic oxidation sites excluding steroid dienone is 1. The van der Waals surface area contributed by atoms with E-state index in [1.807, 2.05) is 6.08 Å². The molecule has 0 bridgehead atoms. The van der Waals surface area contributed by atoms with E-state index >= 15 is 0 Å². The summed E-state index contributed by atoms with van der Waals surface area (Å²) in [5.74, 6) is 0.653. The van der Waals surface area contributed by atoms with Gasteiger partial charge >= 0.3 is 0 Å². The smallest absolute Gasteiger partial charge is 0.00550 e. The second-order valence-corrected chi connectivity index (χ2v) is 4.17. The lowest BCUT2D eigenvalue weighted by atomic mass is 10.0. The Hall–Kier alpha value is -1.30. The van der Waals surface area contributed by atoms with Crippen LogP contribution in [0.2, 0.25) is 0 Å². The van der Waals surface area contributed by atoms with E-state index in [1.165, 1.54) is 22.3 Å². The minimum Gasteiger partial charge on any atom is -0.0984 e. The molecule has 0 radical (unpaired) electrons. The van der Waals surface area contributed by atoms with Gasteiger partial charge in [-0.2, -0.15) is 0 Å². The van der Waals surface area contributed by atoms with Crippen LogP contribution in [0.1, 0.15) is 30.5 Å². The maximum Gasteiger partial charge on any atom is -0.00550 e. The molecule has 0 saturated heterocycles. The van der Waals surface area contributed by atoms with Crippen molar-refractivity contribution in [2.24, 2.45) is 5.92 Å². The fraction of sp³-hybridized carbons (Fsp3) is 0.286. The average molecular weight is 184 g/mol. The zero-order chi connectivity index (χ0) is 10.1. The summed E-state index contributed by atoms with van der Waals surface area (Å²) in [5, 5.41) is 0. The van der Waals surface area contributed by atoms with Gasteiger partial charge in [0, 0.05) is 0 Å². The van der Waals surface area contributed by atoms with Crippen LogP contribution in [-0.2, 0) is 6.42 Å². The molecular weight excluding hydrogens is 168 g/mol. The van der Waals surface area contributed by atoms with Crippen molar-refractivity contribution in [1.29, 1.82) is 0 Å². The molecule has 1 aromatic rings. The molecule has 14 heavy (non-hydrogen) atoms. The molecule has 0 heteroatoms. The molecule has 0 heterocycles. The maximum atomic E-state index is 3.85. The van der Waals surface area contributed by atoms with Gasteiger partial charge in [-0.25, -0.2) is 0 Å². The fourth-order valence-corrected chi connectivity index (χ4v) is 1.97. The highest BCUT2D eigenvalue weighted by atomic mass is 14.2. The van der Waals surface area contributed by atoms with Crippen LogP contribution in [0.5, 0.6) is 0 Å². The van der Waals surface area contributed by atoms with Gasteiger partial charge in [0.1, 0.15) is 0 Å². The Kier molecular flexibility index (Phi) is 2.28. The van der Waals surface area contributed by atoms with Gasteiger partial charge < -0.3 is 0 Å². The summed E-state index contributed by atoms with van der Waals surface area (Å²) in [4.78, 5) is 0. The predicted octanol–water partition coefficient (Wildman–Crippen LogP) is 3.93. The summed E-state index contributed by atoms with van der Waals surface area (Å²) in [7, 11) is 0. The van der Waals surface area contributed by atoms with Crippen molar-refractivity contribution in [3.63, 3.8) is 0 Å². The van der Waals surface area contributed by atoms with Crippen molar-refractivity contribution in [2.45, 2.75) is 20.3 Å². The average Bonchev–Trinajstić information content (AvgIpc) is 2.60. The van der Waals surface area contributed by atoms with Crippen molar-refractivity contribution in [1.82, 2.24) is 0 Å². The Morgan fingerprint density at radius 1 is 1.36 bits per heavy atom. The summed E-state index contributed by atoms with van der Waals surface area (Å²) in [5.41, 5.74) is 5.63. The molecule has 1 aliphatic carbocycles. The molecule has 0 fully saturated rings. The lowest BCUT2D eigenvalue weighted by Gasteiger charge is -2.04. The van der Waals surface area contributed by atoms with Crippen LogP contribution < -0.4 is 0 Å². The zero-order valence-electron chi connectivity index (χ0n) is 8.88. The first kappa shape index (κ1) is 9.26. The van der Waals surface area contributed by atoms with Crippen LogP contribution in [0.25, 0.3) is 12.2 Å². The van der Waals surface area contributed by atoms with E-state index < -0.39 is 0 Å². The molecule has 0 N–H and O–H groups in total. The van der Waals surface area contributed by atoms with Crippen LogP contribution in [0, 0.1) is 5.92 Å². The van der Waals surface area contributed by atoms with Crippen molar-refractivity contribution < 1.29 is 0 Å². The van der Waals surface area contributed by atoms with E-state index in [-0.39, 0.29) is 0 Å². The second kappa shape index (κ2) is 3.45. The quantitative estimate of drug-likeness (QED) is 0.653. The minimum atomic E-state index is 0.653. The first-order valence-electron chi connectivity index (χ1n) is 5.17. The van der Waals surface area contributed by atoms with Gasteiger partial charge in [0.25, 0.3) is 0 Å². The van der Waals surface area contributed by atoms with E-state index in [2.05, 4.69) is 44.7 Å². The van der Waals surface area contributed by atoms with E-state index in [1.54, 1.807) is 0 Å². The van der Waals surface area contributed by atoms with Crippen molar-refractivity contribution in [2.75, 3.05) is 0 Å². The van der Waals surface area contributed by atoms with E-state index in [0.717, 1.165) is 6.42 Å². The number of hydrogen-bond donors (Lipinski definition) is 0. The first-order valence-corrected chi connectivity index (χ1v) is 5.17. The van der Waals surface area contributed by atoms with Gasteiger partial charge in [-0.1, -0.05) is 56.4 Å². The number of rotatable bonds is 2. The molecular formula is C14H16. The Balaban J connectivity index is 2.47. The summed E-state index contributed by atoms with van der Waals surface area (Å²) in [6.07, 6.45) is 5.39. The molecule has 0 aromatic heterocycles. The Morgan fingerprint density at radius 2 is 2.14 bits per heavy atom. The summed E-state index contributed by atoms with van der Waals surface area (Å²) in [6, 6.07) is 6.47. The first-order chi connectivity index (χ1) is 6.72. The molecule has 0 spiro atoms.